The maximum atomic E-state index is 12.5. The van der Waals surface area contributed by atoms with Crippen molar-refractivity contribution in [3.05, 3.63) is 29.2 Å². The molecular weight excluding hydrogens is 318 g/mol. The lowest BCUT2D eigenvalue weighted by atomic mass is 9.97. The number of hydrogen-bond donors (Lipinski definition) is 1. The Morgan fingerprint density at radius 2 is 2.04 bits per heavy atom. The van der Waals surface area contributed by atoms with Gasteiger partial charge in [0.25, 0.3) is 5.91 Å². The van der Waals surface area contributed by atoms with Crippen LogP contribution in [0.25, 0.3) is 5.65 Å². The summed E-state index contributed by atoms with van der Waals surface area (Å²) in [7, 11) is 0. The van der Waals surface area contributed by atoms with E-state index in [4.69, 9.17) is 0 Å². The first-order chi connectivity index (χ1) is 12.2. The molecule has 1 aliphatic carbocycles. The molecule has 0 spiro atoms. The zero-order valence-electron chi connectivity index (χ0n) is 14.3. The minimum absolute atomic E-state index is 0.147. The summed E-state index contributed by atoms with van der Waals surface area (Å²) >= 11 is 0. The first kappa shape index (κ1) is 16.1. The van der Waals surface area contributed by atoms with Gasteiger partial charge in [0, 0.05) is 37.9 Å². The van der Waals surface area contributed by atoms with Crippen LogP contribution in [0.3, 0.4) is 0 Å². The lowest BCUT2D eigenvalue weighted by molar-refractivity contribution is -0.127. The quantitative estimate of drug-likeness (QED) is 0.833. The van der Waals surface area contributed by atoms with E-state index >= 15 is 0 Å². The highest BCUT2D eigenvalue weighted by atomic mass is 16.2. The summed E-state index contributed by atoms with van der Waals surface area (Å²) in [6.07, 6.45) is 10.2. The normalized spacial score (nSPS) is 17.1. The van der Waals surface area contributed by atoms with Crippen molar-refractivity contribution >= 4 is 17.5 Å². The van der Waals surface area contributed by atoms with Gasteiger partial charge in [0.2, 0.25) is 5.91 Å². The molecule has 2 aliphatic rings. The summed E-state index contributed by atoms with van der Waals surface area (Å²) in [4.78, 5) is 30.4. The van der Waals surface area contributed by atoms with Crippen LogP contribution in [0.15, 0.2) is 12.4 Å². The summed E-state index contributed by atoms with van der Waals surface area (Å²) in [5.74, 6) is 0.0777. The number of aromatic nitrogens is 3. The average Bonchev–Trinajstić information content (AvgIpc) is 3.25. The number of aryl methyl sites for hydroxylation is 2. The van der Waals surface area contributed by atoms with Gasteiger partial charge in [0.1, 0.15) is 5.56 Å². The second kappa shape index (κ2) is 6.82. The topological polar surface area (TPSA) is 79.6 Å². The standard InChI is InChI=1S/C18H23N5O2/c24-16-7-3-9-22(16)10-4-8-19-18(25)14-12-21-23-15-6-2-1-5-13(15)11-20-17(14)23/h11-12H,1-10H2,(H,19,25). The van der Waals surface area contributed by atoms with E-state index in [0.29, 0.717) is 30.7 Å². The third kappa shape index (κ3) is 3.10. The second-order valence-corrected chi connectivity index (χ2v) is 6.82. The number of carbonyl (C=O) groups excluding carboxylic acids is 2. The summed E-state index contributed by atoms with van der Waals surface area (Å²) in [5, 5.41) is 7.32. The number of rotatable bonds is 5. The van der Waals surface area contributed by atoms with Gasteiger partial charge in [-0.3, -0.25) is 9.59 Å². The minimum atomic E-state index is -0.147. The summed E-state index contributed by atoms with van der Waals surface area (Å²) in [5.41, 5.74) is 3.57. The summed E-state index contributed by atoms with van der Waals surface area (Å²) in [6.45, 7) is 2.10. The van der Waals surface area contributed by atoms with Crippen molar-refractivity contribution < 1.29 is 9.59 Å². The number of nitrogens with one attached hydrogen (secondary N) is 1. The Morgan fingerprint density at radius 1 is 1.16 bits per heavy atom. The second-order valence-electron chi connectivity index (χ2n) is 6.82. The molecule has 0 radical (unpaired) electrons. The van der Waals surface area contributed by atoms with Crippen molar-refractivity contribution in [2.24, 2.45) is 0 Å². The summed E-state index contributed by atoms with van der Waals surface area (Å²) < 4.78 is 1.83. The Labute approximate surface area is 146 Å². The van der Waals surface area contributed by atoms with E-state index in [9.17, 15) is 9.59 Å². The van der Waals surface area contributed by atoms with E-state index in [1.165, 1.54) is 17.7 Å². The number of hydrogen-bond acceptors (Lipinski definition) is 4. The molecule has 0 unspecified atom stereocenters. The zero-order chi connectivity index (χ0) is 17.2. The molecule has 1 saturated heterocycles. The molecular formula is C18H23N5O2. The van der Waals surface area contributed by atoms with E-state index in [1.54, 1.807) is 6.20 Å². The minimum Gasteiger partial charge on any atom is -0.352 e. The van der Waals surface area contributed by atoms with Crippen LogP contribution < -0.4 is 5.32 Å². The Hall–Kier alpha value is -2.44. The fourth-order valence-electron chi connectivity index (χ4n) is 3.76. The van der Waals surface area contributed by atoms with Crippen LogP contribution in [0, 0.1) is 0 Å². The molecule has 4 rings (SSSR count). The molecule has 1 fully saturated rings. The Balaban J connectivity index is 1.39. The van der Waals surface area contributed by atoms with Crippen LogP contribution in [0.5, 0.6) is 0 Å². The number of nitrogens with zero attached hydrogens (tertiary/aromatic N) is 4. The predicted molar refractivity (Wildman–Crippen MR) is 92.4 cm³/mol. The van der Waals surface area contributed by atoms with Gasteiger partial charge in [-0.1, -0.05) is 0 Å². The highest BCUT2D eigenvalue weighted by molar-refractivity contribution is 5.99. The van der Waals surface area contributed by atoms with E-state index in [2.05, 4.69) is 15.4 Å². The van der Waals surface area contributed by atoms with Gasteiger partial charge in [0.05, 0.1) is 6.20 Å². The third-order valence-corrected chi connectivity index (χ3v) is 5.13. The first-order valence-electron chi connectivity index (χ1n) is 9.14. The van der Waals surface area contributed by atoms with Crippen molar-refractivity contribution in [2.75, 3.05) is 19.6 Å². The molecule has 25 heavy (non-hydrogen) atoms. The van der Waals surface area contributed by atoms with Crippen LogP contribution in [0.1, 0.15) is 53.7 Å². The molecule has 2 aromatic rings. The Bertz CT molecular complexity index is 813. The summed E-state index contributed by atoms with van der Waals surface area (Å²) in [6, 6.07) is 0. The molecule has 7 heteroatoms. The number of fused-ring (bicyclic) bond motifs is 3. The van der Waals surface area contributed by atoms with Gasteiger partial charge >= 0.3 is 0 Å². The van der Waals surface area contributed by atoms with Crippen LogP contribution in [0.2, 0.25) is 0 Å². The van der Waals surface area contributed by atoms with Gasteiger partial charge in [-0.15, -0.1) is 0 Å². The number of amides is 2. The van der Waals surface area contributed by atoms with Crippen molar-refractivity contribution in [2.45, 2.75) is 44.9 Å². The molecule has 0 bridgehead atoms. The molecule has 1 aliphatic heterocycles. The maximum Gasteiger partial charge on any atom is 0.256 e. The van der Waals surface area contributed by atoms with Crippen LogP contribution in [-0.2, 0) is 17.6 Å². The van der Waals surface area contributed by atoms with Gasteiger partial charge in [0.15, 0.2) is 5.65 Å². The average molecular weight is 341 g/mol. The third-order valence-electron chi connectivity index (χ3n) is 5.13. The van der Waals surface area contributed by atoms with Crippen LogP contribution in [0.4, 0.5) is 0 Å². The smallest absolute Gasteiger partial charge is 0.256 e. The molecule has 2 amide bonds. The lowest BCUT2D eigenvalue weighted by Crippen LogP contribution is -2.30. The Kier molecular flexibility index (Phi) is 4.38. The molecule has 132 valence electrons. The highest BCUT2D eigenvalue weighted by Crippen LogP contribution is 2.22. The van der Waals surface area contributed by atoms with Crippen molar-refractivity contribution in [3.8, 4) is 0 Å². The van der Waals surface area contributed by atoms with Crippen molar-refractivity contribution in [1.29, 1.82) is 0 Å². The van der Waals surface area contributed by atoms with E-state index in [1.807, 2.05) is 15.6 Å². The van der Waals surface area contributed by atoms with Gasteiger partial charge < -0.3 is 10.2 Å². The monoisotopic (exact) mass is 341 g/mol. The van der Waals surface area contributed by atoms with Crippen LogP contribution in [-0.4, -0.2) is 50.9 Å². The number of likely N-dealkylation sites (tertiary alicyclic amines) is 1. The highest BCUT2D eigenvalue weighted by Gasteiger charge is 2.21. The molecule has 7 nitrogen and oxygen atoms in total. The van der Waals surface area contributed by atoms with Gasteiger partial charge in [-0.2, -0.15) is 5.10 Å². The molecule has 1 N–H and O–H groups in total. The lowest BCUT2D eigenvalue weighted by Gasteiger charge is -2.16. The molecule has 0 saturated carbocycles. The van der Waals surface area contributed by atoms with E-state index < -0.39 is 0 Å². The molecule has 0 aromatic carbocycles. The predicted octanol–water partition coefficient (Wildman–Crippen LogP) is 1.35. The Morgan fingerprint density at radius 3 is 2.88 bits per heavy atom. The van der Waals surface area contributed by atoms with Gasteiger partial charge in [-0.25, -0.2) is 9.50 Å². The largest absolute Gasteiger partial charge is 0.352 e. The van der Waals surface area contributed by atoms with Crippen molar-refractivity contribution in [3.63, 3.8) is 0 Å². The SMILES string of the molecule is O=C(NCCCN1CCCC1=O)c1cnn2c3c(cnc12)CCCC3. The first-order valence-corrected chi connectivity index (χ1v) is 9.14. The molecule has 2 aromatic heterocycles. The molecule has 0 atom stereocenters. The number of carbonyl (C=O) groups is 2. The van der Waals surface area contributed by atoms with Crippen LogP contribution >= 0.6 is 0 Å². The van der Waals surface area contributed by atoms with Gasteiger partial charge in [-0.05, 0) is 44.1 Å². The zero-order valence-corrected chi connectivity index (χ0v) is 14.3. The van der Waals surface area contributed by atoms with Crippen molar-refractivity contribution in [1.82, 2.24) is 24.8 Å². The van der Waals surface area contributed by atoms with E-state index in [-0.39, 0.29) is 11.8 Å². The van der Waals surface area contributed by atoms with E-state index in [0.717, 1.165) is 38.6 Å². The fourth-order valence-corrected chi connectivity index (χ4v) is 3.76. The fraction of sp³-hybridized carbons (Fsp3) is 0.556. The molecule has 3 heterocycles. The maximum absolute atomic E-state index is 12.5.